The van der Waals surface area contributed by atoms with Crippen LogP contribution in [0.15, 0.2) is 17.8 Å². The molecule has 19 heavy (non-hydrogen) atoms. The van der Waals surface area contributed by atoms with E-state index in [4.69, 9.17) is 5.73 Å². The van der Waals surface area contributed by atoms with Gasteiger partial charge in [0.25, 0.3) is 0 Å². The molecule has 0 aliphatic carbocycles. The van der Waals surface area contributed by atoms with Crippen molar-refractivity contribution in [2.24, 2.45) is 5.73 Å². The normalized spacial score (nSPS) is 20.0. The summed E-state index contributed by atoms with van der Waals surface area (Å²) in [7, 11) is 0. The largest absolute Gasteiger partial charge is 0.324 e. The van der Waals surface area contributed by atoms with Crippen molar-refractivity contribution in [3.63, 3.8) is 0 Å². The molecular formula is C13H23N5S. The number of likely N-dealkylation sites (tertiary alicyclic amines) is 1. The van der Waals surface area contributed by atoms with Gasteiger partial charge in [0.05, 0.1) is 6.54 Å². The van der Waals surface area contributed by atoms with E-state index in [9.17, 15) is 0 Å². The fourth-order valence-corrected chi connectivity index (χ4v) is 3.71. The van der Waals surface area contributed by atoms with Crippen LogP contribution in [0.25, 0.3) is 0 Å². The molecule has 0 spiro atoms. The van der Waals surface area contributed by atoms with Crippen LogP contribution in [0.1, 0.15) is 25.6 Å². The lowest BCUT2D eigenvalue weighted by atomic mass is 10.2. The molecule has 2 rings (SSSR count). The quantitative estimate of drug-likeness (QED) is 0.606. The lowest BCUT2D eigenvalue weighted by molar-refractivity contribution is 0.287. The maximum absolute atomic E-state index is 5.68. The first kappa shape index (κ1) is 14.6. The van der Waals surface area contributed by atoms with E-state index >= 15 is 0 Å². The van der Waals surface area contributed by atoms with E-state index in [1.165, 1.54) is 19.4 Å². The van der Waals surface area contributed by atoms with Gasteiger partial charge in [-0.05, 0) is 25.9 Å². The lowest BCUT2D eigenvalue weighted by Crippen LogP contribution is -2.31. The fourth-order valence-electron chi connectivity index (χ4n) is 2.56. The van der Waals surface area contributed by atoms with Gasteiger partial charge in [-0.15, -0.1) is 16.8 Å². The third-order valence-electron chi connectivity index (χ3n) is 3.60. The first-order chi connectivity index (χ1) is 9.30. The van der Waals surface area contributed by atoms with Crippen molar-refractivity contribution in [3.05, 3.63) is 18.5 Å². The maximum Gasteiger partial charge on any atom is 0.191 e. The molecule has 5 nitrogen and oxygen atoms in total. The van der Waals surface area contributed by atoms with E-state index < -0.39 is 0 Å². The molecule has 1 atom stereocenters. The van der Waals surface area contributed by atoms with E-state index in [0.29, 0.717) is 12.6 Å². The molecule has 2 heterocycles. The highest BCUT2D eigenvalue weighted by molar-refractivity contribution is 7.99. The first-order valence-corrected chi connectivity index (χ1v) is 7.88. The van der Waals surface area contributed by atoms with Crippen LogP contribution < -0.4 is 5.73 Å². The van der Waals surface area contributed by atoms with Gasteiger partial charge in [0.15, 0.2) is 5.16 Å². The maximum atomic E-state index is 5.68. The third kappa shape index (κ3) is 3.38. The van der Waals surface area contributed by atoms with Crippen LogP contribution in [0, 0.1) is 0 Å². The number of allylic oxidation sites excluding steroid dienone is 1. The molecule has 1 saturated heterocycles. The van der Waals surface area contributed by atoms with Gasteiger partial charge >= 0.3 is 0 Å². The summed E-state index contributed by atoms with van der Waals surface area (Å²) in [6.45, 7) is 9.53. The van der Waals surface area contributed by atoms with Crippen molar-refractivity contribution < 1.29 is 0 Å². The summed E-state index contributed by atoms with van der Waals surface area (Å²) < 4.78 is 2.06. The second kappa shape index (κ2) is 7.07. The summed E-state index contributed by atoms with van der Waals surface area (Å²) in [5.41, 5.74) is 5.68. The van der Waals surface area contributed by atoms with Crippen LogP contribution >= 0.6 is 11.8 Å². The van der Waals surface area contributed by atoms with Crippen LogP contribution in [-0.2, 0) is 13.1 Å². The minimum absolute atomic E-state index is 0.423. The van der Waals surface area contributed by atoms with E-state index in [0.717, 1.165) is 29.8 Å². The average molecular weight is 281 g/mol. The van der Waals surface area contributed by atoms with E-state index in [2.05, 4.69) is 33.2 Å². The third-order valence-corrected chi connectivity index (χ3v) is 4.71. The van der Waals surface area contributed by atoms with Gasteiger partial charge in [-0.3, -0.25) is 4.90 Å². The van der Waals surface area contributed by atoms with Gasteiger partial charge in [-0.2, -0.15) is 0 Å². The standard InChI is InChI=1S/C13H23N5S/c1-3-7-18-12(9-14)15-16-13(18)19-10-11-6-5-8-17(11)4-2/h3,11H,1,4-10,14H2,2H3. The zero-order valence-corrected chi connectivity index (χ0v) is 12.4. The van der Waals surface area contributed by atoms with Gasteiger partial charge in [-0.1, -0.05) is 24.8 Å². The Labute approximate surface area is 119 Å². The van der Waals surface area contributed by atoms with Gasteiger partial charge < -0.3 is 10.3 Å². The summed E-state index contributed by atoms with van der Waals surface area (Å²) in [5, 5.41) is 9.35. The summed E-state index contributed by atoms with van der Waals surface area (Å²) in [5.74, 6) is 1.91. The van der Waals surface area contributed by atoms with Crippen molar-refractivity contribution >= 4 is 11.8 Å². The molecule has 2 N–H and O–H groups in total. The van der Waals surface area contributed by atoms with Crippen molar-refractivity contribution in [2.75, 3.05) is 18.8 Å². The molecule has 6 heteroatoms. The number of thioether (sulfide) groups is 1. The van der Waals surface area contributed by atoms with Crippen LogP contribution in [0.5, 0.6) is 0 Å². The Morgan fingerprint density at radius 1 is 1.53 bits per heavy atom. The molecule has 0 amide bonds. The molecule has 1 aliphatic rings. The monoisotopic (exact) mass is 281 g/mol. The molecule has 106 valence electrons. The highest BCUT2D eigenvalue weighted by Crippen LogP contribution is 2.25. The molecule has 1 fully saturated rings. The number of aromatic nitrogens is 3. The Morgan fingerprint density at radius 3 is 3.05 bits per heavy atom. The molecule has 0 aromatic carbocycles. The number of nitrogens with zero attached hydrogens (tertiary/aromatic N) is 4. The first-order valence-electron chi connectivity index (χ1n) is 6.90. The smallest absolute Gasteiger partial charge is 0.191 e. The Morgan fingerprint density at radius 2 is 2.37 bits per heavy atom. The zero-order valence-electron chi connectivity index (χ0n) is 11.6. The molecular weight excluding hydrogens is 258 g/mol. The highest BCUT2D eigenvalue weighted by Gasteiger charge is 2.23. The summed E-state index contributed by atoms with van der Waals surface area (Å²) >= 11 is 1.78. The van der Waals surface area contributed by atoms with E-state index in [1.807, 2.05) is 6.08 Å². The van der Waals surface area contributed by atoms with E-state index in [1.54, 1.807) is 11.8 Å². The molecule has 0 bridgehead atoms. The van der Waals surface area contributed by atoms with E-state index in [-0.39, 0.29) is 0 Å². The molecule has 1 unspecified atom stereocenters. The van der Waals surface area contributed by atoms with Gasteiger partial charge in [0.1, 0.15) is 5.82 Å². The second-order valence-corrected chi connectivity index (χ2v) is 5.73. The Kier molecular flexibility index (Phi) is 5.42. The predicted octanol–water partition coefficient (Wildman–Crippen LogP) is 1.50. The average Bonchev–Trinajstić information content (AvgIpc) is 3.03. The van der Waals surface area contributed by atoms with Gasteiger partial charge in [0.2, 0.25) is 0 Å². The Hall–Kier alpha value is -0.850. The predicted molar refractivity (Wildman–Crippen MR) is 79.1 cm³/mol. The number of hydrogen-bond donors (Lipinski definition) is 1. The van der Waals surface area contributed by atoms with Crippen LogP contribution in [0.4, 0.5) is 0 Å². The van der Waals surface area contributed by atoms with Crippen molar-refractivity contribution in [1.82, 2.24) is 19.7 Å². The lowest BCUT2D eigenvalue weighted by Gasteiger charge is -2.21. The van der Waals surface area contributed by atoms with Crippen LogP contribution in [-0.4, -0.2) is 44.5 Å². The summed E-state index contributed by atoms with van der Waals surface area (Å²) in [4.78, 5) is 2.55. The van der Waals surface area contributed by atoms with Crippen molar-refractivity contribution in [2.45, 2.75) is 44.1 Å². The molecule has 1 aromatic heterocycles. The minimum Gasteiger partial charge on any atom is -0.324 e. The van der Waals surface area contributed by atoms with Crippen molar-refractivity contribution in [3.8, 4) is 0 Å². The van der Waals surface area contributed by atoms with Crippen molar-refractivity contribution in [1.29, 1.82) is 0 Å². The fraction of sp³-hybridized carbons (Fsp3) is 0.692. The van der Waals surface area contributed by atoms with Crippen LogP contribution in [0.3, 0.4) is 0 Å². The number of nitrogens with two attached hydrogens (primary N) is 1. The molecule has 1 aliphatic heterocycles. The number of hydrogen-bond acceptors (Lipinski definition) is 5. The van der Waals surface area contributed by atoms with Gasteiger partial charge in [0, 0.05) is 18.3 Å². The zero-order chi connectivity index (χ0) is 13.7. The minimum atomic E-state index is 0.423. The number of rotatable bonds is 7. The SMILES string of the molecule is C=CCn1c(CN)nnc1SCC1CCCN1CC. The summed E-state index contributed by atoms with van der Waals surface area (Å²) in [6.07, 6.45) is 4.47. The van der Waals surface area contributed by atoms with Crippen LogP contribution in [0.2, 0.25) is 0 Å². The summed E-state index contributed by atoms with van der Waals surface area (Å²) in [6, 6.07) is 0.671. The second-order valence-electron chi connectivity index (χ2n) is 4.74. The molecule has 0 radical (unpaired) electrons. The topological polar surface area (TPSA) is 60.0 Å². The Balaban J connectivity index is 1.98. The highest BCUT2D eigenvalue weighted by atomic mass is 32.2. The Bertz CT molecular complexity index is 417. The molecule has 0 saturated carbocycles. The molecule has 1 aromatic rings. The van der Waals surface area contributed by atoms with Gasteiger partial charge in [-0.25, -0.2) is 0 Å².